The fourth-order valence-electron chi connectivity index (χ4n) is 2.88. The van der Waals surface area contributed by atoms with Crippen LogP contribution in [0.1, 0.15) is 13.8 Å². The molecule has 0 saturated carbocycles. The molecule has 1 aromatic heterocycles. The van der Waals surface area contributed by atoms with Gasteiger partial charge >= 0.3 is 0 Å². The molecule has 1 N–H and O–H groups in total. The number of hydrogen-bond donors (Lipinski definition) is 1. The van der Waals surface area contributed by atoms with Gasteiger partial charge in [0.15, 0.2) is 11.2 Å². The first kappa shape index (κ1) is 20.6. The SMILES string of the molecule is CC(C)(Oc1ccc(Br)cc1)C(=O)Nc1ccc2oc(-c3ccccc3Br)nc2c1. The van der Waals surface area contributed by atoms with E-state index in [4.69, 9.17) is 9.15 Å². The van der Waals surface area contributed by atoms with Gasteiger partial charge in [-0.05, 0) is 84.4 Å². The Morgan fingerprint density at radius 1 is 1.03 bits per heavy atom. The molecule has 0 atom stereocenters. The molecular weight excluding hydrogens is 512 g/mol. The second-order valence-electron chi connectivity index (χ2n) is 7.20. The number of amides is 1. The number of nitrogens with one attached hydrogen (secondary N) is 1. The number of aromatic nitrogens is 1. The molecule has 0 aliphatic carbocycles. The van der Waals surface area contributed by atoms with Crippen LogP contribution in [-0.4, -0.2) is 16.5 Å². The van der Waals surface area contributed by atoms with E-state index < -0.39 is 5.60 Å². The Morgan fingerprint density at radius 3 is 2.50 bits per heavy atom. The number of oxazole rings is 1. The predicted molar refractivity (Wildman–Crippen MR) is 125 cm³/mol. The van der Waals surface area contributed by atoms with Crippen molar-refractivity contribution in [2.45, 2.75) is 19.4 Å². The van der Waals surface area contributed by atoms with Crippen LogP contribution >= 0.6 is 31.9 Å². The lowest BCUT2D eigenvalue weighted by atomic mass is 10.1. The van der Waals surface area contributed by atoms with Gasteiger partial charge in [0.05, 0.1) is 5.56 Å². The van der Waals surface area contributed by atoms with Crippen molar-refractivity contribution in [2.24, 2.45) is 0 Å². The summed E-state index contributed by atoms with van der Waals surface area (Å²) in [6.07, 6.45) is 0. The molecule has 7 heteroatoms. The van der Waals surface area contributed by atoms with Gasteiger partial charge in [0.1, 0.15) is 11.3 Å². The van der Waals surface area contributed by atoms with Gasteiger partial charge < -0.3 is 14.5 Å². The zero-order chi connectivity index (χ0) is 21.3. The molecule has 0 bridgehead atoms. The second kappa shape index (κ2) is 8.24. The van der Waals surface area contributed by atoms with Gasteiger partial charge in [0, 0.05) is 14.6 Å². The monoisotopic (exact) mass is 528 g/mol. The third-order valence-electron chi connectivity index (χ3n) is 4.48. The Morgan fingerprint density at radius 2 is 1.77 bits per heavy atom. The first-order valence-electron chi connectivity index (χ1n) is 9.23. The fraction of sp³-hybridized carbons (Fsp3) is 0.130. The van der Waals surface area contributed by atoms with Crippen LogP contribution in [0.15, 0.2) is 80.1 Å². The van der Waals surface area contributed by atoms with Gasteiger partial charge in [0.2, 0.25) is 5.89 Å². The van der Waals surface area contributed by atoms with Crippen molar-refractivity contribution in [1.82, 2.24) is 4.98 Å². The maximum atomic E-state index is 12.8. The lowest BCUT2D eigenvalue weighted by Gasteiger charge is -2.25. The van der Waals surface area contributed by atoms with Gasteiger partial charge in [0.25, 0.3) is 5.91 Å². The van der Waals surface area contributed by atoms with Crippen molar-refractivity contribution in [2.75, 3.05) is 5.32 Å². The number of ether oxygens (including phenoxy) is 1. The van der Waals surface area contributed by atoms with Gasteiger partial charge in [-0.15, -0.1) is 0 Å². The van der Waals surface area contributed by atoms with Gasteiger partial charge in [-0.25, -0.2) is 4.98 Å². The van der Waals surface area contributed by atoms with Gasteiger partial charge in [-0.1, -0.05) is 28.1 Å². The standard InChI is InChI=1S/C23H18Br2N2O3/c1-23(2,30-16-10-7-14(24)8-11-16)22(28)26-15-9-12-20-19(13-15)27-21(29-20)17-5-3-4-6-18(17)25/h3-13H,1-2H3,(H,26,28). The Hall–Kier alpha value is -2.64. The predicted octanol–water partition coefficient (Wildman–Crippen LogP) is 6.82. The van der Waals surface area contributed by atoms with Crippen molar-refractivity contribution < 1.29 is 13.9 Å². The second-order valence-corrected chi connectivity index (χ2v) is 8.97. The van der Waals surface area contributed by atoms with E-state index in [-0.39, 0.29) is 5.91 Å². The van der Waals surface area contributed by atoms with Crippen LogP contribution in [0.4, 0.5) is 5.69 Å². The molecule has 0 aliphatic rings. The molecule has 0 spiro atoms. The van der Waals surface area contributed by atoms with Crippen LogP contribution < -0.4 is 10.1 Å². The summed E-state index contributed by atoms with van der Waals surface area (Å²) < 4.78 is 13.6. The van der Waals surface area contributed by atoms with Crippen molar-refractivity contribution in [3.63, 3.8) is 0 Å². The van der Waals surface area contributed by atoms with E-state index in [2.05, 4.69) is 42.2 Å². The number of nitrogens with zero attached hydrogens (tertiary/aromatic N) is 1. The normalized spacial score (nSPS) is 11.5. The van der Waals surface area contributed by atoms with Crippen LogP contribution in [0.3, 0.4) is 0 Å². The summed E-state index contributed by atoms with van der Waals surface area (Å²) in [4.78, 5) is 17.4. The lowest BCUT2D eigenvalue weighted by molar-refractivity contribution is -0.128. The highest BCUT2D eigenvalue weighted by atomic mass is 79.9. The minimum atomic E-state index is -1.06. The van der Waals surface area contributed by atoms with Crippen LogP contribution in [0.25, 0.3) is 22.6 Å². The molecule has 0 fully saturated rings. The van der Waals surface area contributed by atoms with Crippen molar-refractivity contribution in [3.8, 4) is 17.2 Å². The first-order chi connectivity index (χ1) is 14.3. The fourth-order valence-corrected chi connectivity index (χ4v) is 3.60. The quantitative estimate of drug-likeness (QED) is 0.308. The number of fused-ring (bicyclic) bond motifs is 1. The Balaban J connectivity index is 1.53. The summed E-state index contributed by atoms with van der Waals surface area (Å²) in [5.41, 5.74) is 1.72. The smallest absolute Gasteiger partial charge is 0.267 e. The van der Waals surface area contributed by atoms with Crippen LogP contribution in [-0.2, 0) is 4.79 Å². The first-order valence-corrected chi connectivity index (χ1v) is 10.8. The van der Waals surface area contributed by atoms with Crippen molar-refractivity contribution in [1.29, 1.82) is 0 Å². The zero-order valence-corrected chi connectivity index (χ0v) is 19.5. The molecule has 1 heterocycles. The number of rotatable bonds is 5. The number of halogens is 2. The summed E-state index contributed by atoms with van der Waals surface area (Å²) in [7, 11) is 0. The molecule has 0 unspecified atom stereocenters. The molecule has 152 valence electrons. The third-order valence-corrected chi connectivity index (χ3v) is 5.70. The van der Waals surface area contributed by atoms with Gasteiger partial charge in [-0.2, -0.15) is 0 Å². The summed E-state index contributed by atoms with van der Waals surface area (Å²) in [6, 6.07) is 20.4. The maximum absolute atomic E-state index is 12.8. The van der Waals surface area contributed by atoms with E-state index in [0.29, 0.717) is 28.4 Å². The highest BCUT2D eigenvalue weighted by molar-refractivity contribution is 9.10. The number of hydrogen-bond acceptors (Lipinski definition) is 4. The molecule has 0 aliphatic heterocycles. The zero-order valence-electron chi connectivity index (χ0n) is 16.3. The van der Waals surface area contributed by atoms with Gasteiger partial charge in [-0.3, -0.25) is 4.79 Å². The third kappa shape index (κ3) is 4.42. The molecule has 5 nitrogen and oxygen atoms in total. The number of carbonyl (C=O) groups excluding carboxylic acids is 1. The molecule has 30 heavy (non-hydrogen) atoms. The largest absolute Gasteiger partial charge is 0.478 e. The topological polar surface area (TPSA) is 64.4 Å². The molecular formula is C23H18Br2N2O3. The van der Waals surface area contributed by atoms with Crippen molar-refractivity contribution in [3.05, 3.63) is 75.7 Å². The Kier molecular flexibility index (Phi) is 5.66. The number of anilines is 1. The molecule has 0 radical (unpaired) electrons. The average molecular weight is 530 g/mol. The van der Waals surface area contributed by atoms with E-state index in [1.54, 1.807) is 32.0 Å². The Labute approximate surface area is 190 Å². The van der Waals surface area contributed by atoms with Crippen molar-refractivity contribution >= 4 is 54.6 Å². The molecule has 4 aromatic rings. The molecule has 3 aromatic carbocycles. The van der Waals surface area contributed by atoms with E-state index in [1.807, 2.05) is 48.5 Å². The number of benzene rings is 3. The summed E-state index contributed by atoms with van der Waals surface area (Å²) >= 11 is 6.90. The molecule has 0 saturated heterocycles. The minimum absolute atomic E-state index is 0.265. The summed E-state index contributed by atoms with van der Waals surface area (Å²) in [6.45, 7) is 3.45. The molecule has 1 amide bonds. The van der Waals surface area contributed by atoms with E-state index in [1.165, 1.54) is 0 Å². The highest BCUT2D eigenvalue weighted by Crippen LogP contribution is 2.31. The summed E-state index contributed by atoms with van der Waals surface area (Å²) in [5, 5.41) is 2.90. The van der Waals surface area contributed by atoms with Crippen LogP contribution in [0, 0.1) is 0 Å². The summed E-state index contributed by atoms with van der Waals surface area (Å²) in [5.74, 6) is 0.863. The lowest BCUT2D eigenvalue weighted by Crippen LogP contribution is -2.42. The maximum Gasteiger partial charge on any atom is 0.267 e. The Bertz CT molecular complexity index is 1220. The van der Waals surface area contributed by atoms with E-state index in [0.717, 1.165) is 14.5 Å². The van der Waals surface area contributed by atoms with Crippen LogP contribution in [0.5, 0.6) is 5.75 Å². The highest BCUT2D eigenvalue weighted by Gasteiger charge is 2.30. The average Bonchev–Trinajstić information content (AvgIpc) is 3.13. The minimum Gasteiger partial charge on any atom is -0.478 e. The number of carbonyl (C=O) groups is 1. The molecule has 4 rings (SSSR count). The van der Waals surface area contributed by atoms with E-state index >= 15 is 0 Å². The van der Waals surface area contributed by atoms with Crippen LogP contribution in [0.2, 0.25) is 0 Å². The van der Waals surface area contributed by atoms with E-state index in [9.17, 15) is 4.79 Å².